The number of halogens is 1. The molecule has 2 rings (SSSR count). The maximum atomic E-state index is 12.1. The van der Waals surface area contributed by atoms with Crippen LogP contribution in [-0.2, 0) is 14.6 Å². The average molecular weight is 331 g/mol. The summed E-state index contributed by atoms with van der Waals surface area (Å²) in [5.74, 6) is -0.313. The Morgan fingerprint density at radius 1 is 1.29 bits per heavy atom. The van der Waals surface area contributed by atoms with Crippen LogP contribution in [-0.4, -0.2) is 32.7 Å². The Bertz CT molecular complexity index is 601. The van der Waals surface area contributed by atoms with Crippen LogP contribution in [0.25, 0.3) is 0 Å². The summed E-state index contributed by atoms with van der Waals surface area (Å²) in [5, 5.41) is 3.17. The summed E-state index contributed by atoms with van der Waals surface area (Å²) in [7, 11) is -3.41. The first-order valence-electron chi connectivity index (χ1n) is 6.90. The molecule has 1 amide bonds. The van der Waals surface area contributed by atoms with Crippen LogP contribution in [0, 0.1) is 5.92 Å². The Morgan fingerprint density at radius 3 is 2.52 bits per heavy atom. The van der Waals surface area contributed by atoms with Gasteiger partial charge in [-0.1, -0.05) is 11.6 Å². The van der Waals surface area contributed by atoms with E-state index in [1.165, 1.54) is 24.3 Å². The number of rotatable bonds is 5. The molecule has 1 saturated carbocycles. The van der Waals surface area contributed by atoms with Crippen LogP contribution in [0.15, 0.2) is 29.2 Å². The van der Waals surface area contributed by atoms with Crippen LogP contribution in [0.5, 0.6) is 0 Å². The molecular weight excluding hydrogens is 312 g/mol. The predicted molar refractivity (Wildman–Crippen MR) is 81.8 cm³/mol. The molecule has 3 N–H and O–H groups in total. The summed E-state index contributed by atoms with van der Waals surface area (Å²) in [4.78, 5) is 12.1. The third-order valence-corrected chi connectivity index (χ3v) is 5.67. The van der Waals surface area contributed by atoms with Crippen molar-refractivity contribution in [1.29, 1.82) is 0 Å². The van der Waals surface area contributed by atoms with Crippen molar-refractivity contribution < 1.29 is 13.2 Å². The highest BCUT2D eigenvalue weighted by Crippen LogP contribution is 2.24. The lowest BCUT2D eigenvalue weighted by molar-refractivity contribution is -0.124. The van der Waals surface area contributed by atoms with Crippen LogP contribution in [0.3, 0.4) is 0 Å². The van der Waals surface area contributed by atoms with Gasteiger partial charge in [0.15, 0.2) is 9.84 Å². The van der Waals surface area contributed by atoms with E-state index in [2.05, 4.69) is 5.32 Å². The Balaban J connectivity index is 1.85. The fourth-order valence-electron chi connectivity index (χ4n) is 2.47. The van der Waals surface area contributed by atoms with Gasteiger partial charge < -0.3 is 11.1 Å². The number of nitrogens with one attached hydrogen (secondary N) is 1. The van der Waals surface area contributed by atoms with E-state index in [4.69, 9.17) is 17.3 Å². The van der Waals surface area contributed by atoms with E-state index in [1.54, 1.807) is 0 Å². The summed E-state index contributed by atoms with van der Waals surface area (Å²) in [6.45, 7) is 0.107. The Labute approximate surface area is 129 Å². The van der Waals surface area contributed by atoms with Gasteiger partial charge >= 0.3 is 0 Å². The quantitative estimate of drug-likeness (QED) is 0.853. The van der Waals surface area contributed by atoms with Crippen LogP contribution in [0.2, 0.25) is 5.02 Å². The zero-order valence-electron chi connectivity index (χ0n) is 11.6. The topological polar surface area (TPSA) is 89.3 Å². The summed E-state index contributed by atoms with van der Waals surface area (Å²) in [6.07, 6.45) is 2.30. The van der Waals surface area contributed by atoms with Crippen molar-refractivity contribution >= 4 is 27.3 Å². The smallest absolute Gasteiger partial charge is 0.223 e. The van der Waals surface area contributed by atoms with Crippen LogP contribution in [0.4, 0.5) is 0 Å². The van der Waals surface area contributed by atoms with Gasteiger partial charge in [0.2, 0.25) is 5.91 Å². The van der Waals surface area contributed by atoms with Crippen LogP contribution in [0.1, 0.15) is 19.3 Å². The van der Waals surface area contributed by atoms with Crippen molar-refractivity contribution in [3.05, 3.63) is 29.3 Å². The highest BCUT2D eigenvalue weighted by Gasteiger charge is 2.27. The van der Waals surface area contributed by atoms with Gasteiger partial charge in [-0.3, -0.25) is 4.79 Å². The molecule has 21 heavy (non-hydrogen) atoms. The lowest BCUT2D eigenvalue weighted by Crippen LogP contribution is -2.34. The highest BCUT2D eigenvalue weighted by molar-refractivity contribution is 7.91. The Kier molecular flexibility index (Phi) is 5.24. The summed E-state index contributed by atoms with van der Waals surface area (Å²) in [5.41, 5.74) is 5.76. The van der Waals surface area contributed by atoms with Crippen LogP contribution >= 0.6 is 11.6 Å². The van der Waals surface area contributed by atoms with E-state index < -0.39 is 9.84 Å². The number of hydrogen-bond acceptors (Lipinski definition) is 4. The minimum absolute atomic E-state index is 0.0820. The molecule has 2 atom stereocenters. The SMILES string of the molecule is NC1CCC(C(=O)NCCS(=O)(=O)c2ccc(Cl)cc2)C1. The molecule has 0 aliphatic heterocycles. The molecule has 1 aliphatic rings. The Morgan fingerprint density at radius 2 is 1.95 bits per heavy atom. The predicted octanol–water partition coefficient (Wildman–Crippen LogP) is 1.36. The van der Waals surface area contributed by atoms with Gasteiger partial charge in [0, 0.05) is 23.5 Å². The standard InChI is InChI=1S/C14H19ClN2O3S/c15-11-2-5-13(6-3-11)21(19,20)8-7-17-14(18)10-1-4-12(16)9-10/h2-3,5-6,10,12H,1,4,7-9,16H2,(H,17,18). The summed E-state index contributed by atoms with van der Waals surface area (Å²) >= 11 is 5.73. The third-order valence-electron chi connectivity index (χ3n) is 3.69. The second-order valence-corrected chi connectivity index (χ2v) is 7.88. The van der Waals surface area contributed by atoms with Crippen molar-refractivity contribution in [1.82, 2.24) is 5.32 Å². The van der Waals surface area contributed by atoms with E-state index in [1.807, 2.05) is 0 Å². The van der Waals surface area contributed by atoms with Gasteiger partial charge in [-0.05, 0) is 43.5 Å². The van der Waals surface area contributed by atoms with Crippen molar-refractivity contribution in [2.75, 3.05) is 12.3 Å². The Hall–Kier alpha value is -1.11. The van der Waals surface area contributed by atoms with E-state index in [0.29, 0.717) is 11.4 Å². The average Bonchev–Trinajstić information content (AvgIpc) is 2.86. The van der Waals surface area contributed by atoms with Gasteiger partial charge in [-0.2, -0.15) is 0 Å². The molecule has 2 unspecified atom stereocenters. The van der Waals surface area contributed by atoms with E-state index in [-0.39, 0.29) is 35.1 Å². The number of amides is 1. The first-order valence-corrected chi connectivity index (χ1v) is 8.93. The second-order valence-electron chi connectivity index (χ2n) is 5.33. The van der Waals surface area contributed by atoms with E-state index >= 15 is 0 Å². The van der Waals surface area contributed by atoms with Crippen molar-refractivity contribution in [2.24, 2.45) is 11.7 Å². The molecule has 0 spiro atoms. The third kappa shape index (κ3) is 4.43. The number of carbonyl (C=O) groups is 1. The zero-order chi connectivity index (χ0) is 15.5. The molecule has 1 aromatic rings. The van der Waals surface area contributed by atoms with Gasteiger partial charge in [0.1, 0.15) is 0 Å². The zero-order valence-corrected chi connectivity index (χ0v) is 13.2. The minimum atomic E-state index is -3.41. The van der Waals surface area contributed by atoms with Gasteiger partial charge in [-0.15, -0.1) is 0 Å². The lowest BCUT2D eigenvalue weighted by atomic mass is 10.1. The molecule has 0 heterocycles. The first-order chi connectivity index (χ1) is 9.88. The second kappa shape index (κ2) is 6.77. The fraction of sp³-hybridized carbons (Fsp3) is 0.500. The molecule has 7 heteroatoms. The maximum absolute atomic E-state index is 12.1. The van der Waals surface area contributed by atoms with Gasteiger partial charge in [0.05, 0.1) is 10.6 Å². The molecule has 0 saturated heterocycles. The minimum Gasteiger partial charge on any atom is -0.355 e. The van der Waals surface area contributed by atoms with Gasteiger partial charge in [-0.25, -0.2) is 8.42 Å². The molecule has 116 valence electrons. The summed E-state index contributed by atoms with van der Waals surface area (Å²) in [6, 6.07) is 6.09. The van der Waals surface area contributed by atoms with E-state index in [9.17, 15) is 13.2 Å². The fourth-order valence-corrected chi connectivity index (χ4v) is 3.75. The largest absolute Gasteiger partial charge is 0.355 e. The normalized spacial score (nSPS) is 22.2. The number of hydrogen-bond donors (Lipinski definition) is 2. The molecule has 0 bridgehead atoms. The number of sulfone groups is 1. The number of benzene rings is 1. The highest BCUT2D eigenvalue weighted by atomic mass is 35.5. The molecule has 1 fully saturated rings. The van der Waals surface area contributed by atoms with Crippen molar-refractivity contribution in [2.45, 2.75) is 30.2 Å². The molecular formula is C14H19ClN2O3S. The van der Waals surface area contributed by atoms with Gasteiger partial charge in [0.25, 0.3) is 0 Å². The molecule has 1 aromatic carbocycles. The maximum Gasteiger partial charge on any atom is 0.223 e. The van der Waals surface area contributed by atoms with E-state index in [0.717, 1.165) is 12.8 Å². The first kappa shape index (κ1) is 16.3. The summed E-state index contributed by atoms with van der Waals surface area (Å²) < 4.78 is 24.2. The molecule has 0 radical (unpaired) electrons. The molecule has 1 aliphatic carbocycles. The van der Waals surface area contributed by atoms with Crippen molar-refractivity contribution in [3.63, 3.8) is 0 Å². The lowest BCUT2D eigenvalue weighted by Gasteiger charge is -2.11. The van der Waals surface area contributed by atoms with Crippen molar-refractivity contribution in [3.8, 4) is 0 Å². The monoisotopic (exact) mass is 330 g/mol. The van der Waals surface area contributed by atoms with Crippen LogP contribution < -0.4 is 11.1 Å². The number of carbonyl (C=O) groups excluding carboxylic acids is 1. The number of nitrogens with two attached hydrogens (primary N) is 1. The molecule has 5 nitrogen and oxygen atoms in total. The molecule has 0 aromatic heterocycles.